The summed E-state index contributed by atoms with van der Waals surface area (Å²) in [7, 11) is 0. The fraction of sp³-hybridized carbons (Fsp3) is 0.600. The summed E-state index contributed by atoms with van der Waals surface area (Å²) in [6, 6.07) is 0. The van der Waals surface area contributed by atoms with E-state index >= 15 is 0 Å². The lowest BCUT2D eigenvalue weighted by molar-refractivity contribution is -0.148. The molecule has 1 saturated heterocycles. The smallest absolute Gasteiger partial charge is 0.334 e. The Bertz CT molecular complexity index is 283. The van der Waals surface area contributed by atoms with Crippen molar-refractivity contribution in [2.24, 2.45) is 0 Å². The lowest BCUT2D eigenvalue weighted by Gasteiger charge is -2.18. The third kappa shape index (κ3) is 3.60. The minimum atomic E-state index is -0.517. The second-order valence-corrected chi connectivity index (χ2v) is 4.12. The minimum absolute atomic E-state index is 0.292. The van der Waals surface area contributed by atoms with Gasteiger partial charge in [0.1, 0.15) is 11.4 Å². The molecule has 4 heteroatoms. The molecule has 0 radical (unpaired) electrons. The van der Waals surface area contributed by atoms with Crippen LogP contribution in [0, 0.1) is 0 Å². The number of rotatable bonds is 1. The first-order valence-electron chi connectivity index (χ1n) is 4.51. The highest BCUT2D eigenvalue weighted by Gasteiger charge is 2.20. The number of allylic oxidation sites excluding steroid dienone is 1. The number of esters is 2. The average molecular weight is 198 g/mol. The summed E-state index contributed by atoms with van der Waals surface area (Å²) in [4.78, 5) is 21.9. The molecule has 0 aliphatic carbocycles. The molecule has 1 aliphatic rings. The van der Waals surface area contributed by atoms with Gasteiger partial charge in [-0.25, -0.2) is 4.79 Å². The van der Waals surface area contributed by atoms with Gasteiger partial charge in [-0.2, -0.15) is 0 Å². The summed E-state index contributed by atoms with van der Waals surface area (Å²) < 4.78 is 9.80. The van der Waals surface area contributed by atoms with Crippen molar-refractivity contribution in [2.75, 3.05) is 0 Å². The van der Waals surface area contributed by atoms with Crippen LogP contribution < -0.4 is 0 Å². The Kier molecular flexibility index (Phi) is 2.93. The fourth-order valence-corrected chi connectivity index (χ4v) is 1.04. The molecule has 0 bridgehead atoms. The monoisotopic (exact) mass is 198 g/mol. The predicted molar refractivity (Wildman–Crippen MR) is 49.3 cm³/mol. The van der Waals surface area contributed by atoms with Gasteiger partial charge in [-0.1, -0.05) is 0 Å². The van der Waals surface area contributed by atoms with E-state index in [4.69, 9.17) is 9.47 Å². The summed E-state index contributed by atoms with van der Waals surface area (Å²) in [6.45, 7) is 5.35. The number of cyclic esters (lactones) is 1. The first-order valence-corrected chi connectivity index (χ1v) is 4.51. The molecular formula is C10H14O4. The standard InChI is InChI=1S/C10H14O4/c1-10(2,3)14-9(12)6-7-4-5-8(11)13-7/h6H,4-5H2,1-3H3/b7-6+. The molecule has 4 nitrogen and oxygen atoms in total. The van der Waals surface area contributed by atoms with Crippen molar-refractivity contribution in [1.82, 2.24) is 0 Å². The Balaban J connectivity index is 2.52. The van der Waals surface area contributed by atoms with Crippen LogP contribution in [0.3, 0.4) is 0 Å². The number of carbonyl (C=O) groups excluding carboxylic acids is 2. The van der Waals surface area contributed by atoms with Gasteiger partial charge in [-0.3, -0.25) is 4.79 Å². The van der Waals surface area contributed by atoms with E-state index < -0.39 is 11.6 Å². The summed E-state index contributed by atoms with van der Waals surface area (Å²) >= 11 is 0. The molecule has 0 N–H and O–H groups in total. The van der Waals surface area contributed by atoms with Crippen molar-refractivity contribution in [2.45, 2.75) is 39.2 Å². The number of ether oxygens (including phenoxy) is 2. The maximum absolute atomic E-state index is 11.2. The Morgan fingerprint density at radius 1 is 1.43 bits per heavy atom. The topological polar surface area (TPSA) is 52.6 Å². The Hall–Kier alpha value is -1.32. The SMILES string of the molecule is CC(C)(C)OC(=O)/C=C1\CCC(=O)O1. The van der Waals surface area contributed by atoms with E-state index in [0.717, 1.165) is 0 Å². The minimum Gasteiger partial charge on any atom is -0.457 e. The van der Waals surface area contributed by atoms with E-state index in [2.05, 4.69) is 0 Å². The van der Waals surface area contributed by atoms with Crippen molar-refractivity contribution in [3.05, 3.63) is 11.8 Å². The normalized spacial score (nSPS) is 19.6. The van der Waals surface area contributed by atoms with Crippen molar-refractivity contribution in [3.8, 4) is 0 Å². The van der Waals surface area contributed by atoms with E-state index in [1.54, 1.807) is 20.8 Å². The number of hydrogen-bond donors (Lipinski definition) is 0. The van der Waals surface area contributed by atoms with Crippen LogP contribution in [0.2, 0.25) is 0 Å². The predicted octanol–water partition coefficient (Wildman–Crippen LogP) is 1.55. The van der Waals surface area contributed by atoms with Gasteiger partial charge in [0.2, 0.25) is 0 Å². The van der Waals surface area contributed by atoms with Crippen molar-refractivity contribution in [3.63, 3.8) is 0 Å². The van der Waals surface area contributed by atoms with Crippen LogP contribution >= 0.6 is 0 Å². The zero-order valence-corrected chi connectivity index (χ0v) is 8.62. The van der Waals surface area contributed by atoms with Crippen LogP contribution in [-0.4, -0.2) is 17.5 Å². The second kappa shape index (κ2) is 3.82. The summed E-state index contributed by atoms with van der Waals surface area (Å²) in [5.74, 6) is -0.369. The molecular weight excluding hydrogens is 184 g/mol. The van der Waals surface area contributed by atoms with E-state index in [1.165, 1.54) is 6.08 Å². The molecule has 0 atom stereocenters. The van der Waals surface area contributed by atoms with E-state index in [0.29, 0.717) is 18.6 Å². The fourth-order valence-electron chi connectivity index (χ4n) is 1.04. The molecule has 1 heterocycles. The van der Waals surface area contributed by atoms with Gasteiger partial charge < -0.3 is 9.47 Å². The highest BCUT2D eigenvalue weighted by Crippen LogP contribution is 2.18. The van der Waals surface area contributed by atoms with Crippen molar-refractivity contribution in [1.29, 1.82) is 0 Å². The molecule has 1 fully saturated rings. The lowest BCUT2D eigenvalue weighted by Crippen LogP contribution is -2.22. The largest absolute Gasteiger partial charge is 0.457 e. The third-order valence-corrected chi connectivity index (χ3v) is 1.51. The van der Waals surface area contributed by atoms with Crippen LogP contribution in [0.4, 0.5) is 0 Å². The summed E-state index contributed by atoms with van der Waals surface area (Å²) in [5, 5.41) is 0. The molecule has 1 aliphatic heterocycles. The van der Waals surface area contributed by atoms with E-state index in [9.17, 15) is 9.59 Å². The highest BCUT2D eigenvalue weighted by molar-refractivity contribution is 5.84. The van der Waals surface area contributed by atoms with E-state index in [1.807, 2.05) is 0 Å². The van der Waals surface area contributed by atoms with Crippen LogP contribution in [-0.2, 0) is 19.1 Å². The zero-order valence-electron chi connectivity index (χ0n) is 8.62. The van der Waals surface area contributed by atoms with Crippen LogP contribution in [0.15, 0.2) is 11.8 Å². The maximum Gasteiger partial charge on any atom is 0.334 e. The summed E-state index contributed by atoms with van der Waals surface area (Å²) in [6.07, 6.45) is 2.06. The zero-order chi connectivity index (χ0) is 10.8. The Morgan fingerprint density at radius 2 is 2.07 bits per heavy atom. The average Bonchev–Trinajstić information content (AvgIpc) is 2.30. The maximum atomic E-state index is 11.2. The van der Waals surface area contributed by atoms with Gasteiger partial charge in [0.25, 0.3) is 0 Å². The van der Waals surface area contributed by atoms with Gasteiger partial charge in [-0.15, -0.1) is 0 Å². The second-order valence-electron chi connectivity index (χ2n) is 4.12. The van der Waals surface area contributed by atoms with Crippen molar-refractivity contribution >= 4 is 11.9 Å². The number of carbonyl (C=O) groups is 2. The molecule has 0 spiro atoms. The van der Waals surface area contributed by atoms with Gasteiger partial charge in [-0.05, 0) is 20.8 Å². The van der Waals surface area contributed by atoms with Crippen LogP contribution in [0.25, 0.3) is 0 Å². The summed E-state index contributed by atoms with van der Waals surface area (Å²) in [5.41, 5.74) is -0.517. The molecule has 0 unspecified atom stereocenters. The first kappa shape index (κ1) is 10.8. The van der Waals surface area contributed by atoms with Crippen LogP contribution in [0.1, 0.15) is 33.6 Å². The highest BCUT2D eigenvalue weighted by atomic mass is 16.6. The first-order chi connectivity index (χ1) is 6.37. The van der Waals surface area contributed by atoms with Crippen LogP contribution in [0.5, 0.6) is 0 Å². The Labute approximate surface area is 82.9 Å². The van der Waals surface area contributed by atoms with E-state index in [-0.39, 0.29) is 5.97 Å². The van der Waals surface area contributed by atoms with Gasteiger partial charge in [0.15, 0.2) is 0 Å². The molecule has 0 saturated carbocycles. The lowest BCUT2D eigenvalue weighted by atomic mass is 10.2. The molecule has 0 amide bonds. The molecule has 0 aromatic carbocycles. The van der Waals surface area contributed by atoms with Gasteiger partial charge in [0, 0.05) is 6.42 Å². The molecule has 1 rings (SSSR count). The molecule has 14 heavy (non-hydrogen) atoms. The van der Waals surface area contributed by atoms with Gasteiger partial charge in [0.05, 0.1) is 12.5 Å². The third-order valence-electron chi connectivity index (χ3n) is 1.51. The molecule has 0 aromatic heterocycles. The molecule has 0 aromatic rings. The quantitative estimate of drug-likeness (QED) is 0.474. The Morgan fingerprint density at radius 3 is 2.50 bits per heavy atom. The van der Waals surface area contributed by atoms with Gasteiger partial charge >= 0.3 is 11.9 Å². The number of hydrogen-bond acceptors (Lipinski definition) is 4. The molecule has 78 valence electrons. The van der Waals surface area contributed by atoms with Crippen molar-refractivity contribution < 1.29 is 19.1 Å².